The van der Waals surface area contributed by atoms with Crippen LogP contribution in [-0.2, 0) is 55.2 Å². The number of hydrogen-bond acceptors (Lipinski definition) is 6. The maximum Gasteiger partial charge on any atom is 3.00 e. The van der Waals surface area contributed by atoms with Crippen LogP contribution in [0.5, 0.6) is 0 Å². The molecule has 0 atom stereocenters. The Morgan fingerprint density at radius 2 is 0.700 bits per heavy atom. The third kappa shape index (κ3) is 2990. The molecule has 0 rings (SSSR count). The fourth-order valence-electron chi connectivity index (χ4n) is 0. The van der Waals surface area contributed by atoms with Gasteiger partial charge in [-0.3, -0.25) is 0 Å². The van der Waals surface area contributed by atoms with Crippen molar-refractivity contribution in [2.24, 2.45) is 0 Å². The summed E-state index contributed by atoms with van der Waals surface area (Å²) in [5, 5.41) is 25.4. The Balaban J connectivity index is -0.0000000257. The Bertz CT molecular complexity index is 112. The molecule has 7 heteroatoms. The van der Waals surface area contributed by atoms with E-state index in [2.05, 4.69) is 37.9 Å². The van der Waals surface area contributed by atoms with E-state index < -0.39 is 0 Å². The van der Waals surface area contributed by atoms with Gasteiger partial charge in [-0.15, -0.1) is 0 Å². The van der Waals surface area contributed by atoms with Gasteiger partial charge in [-0.25, -0.2) is 15.8 Å². The topological polar surface area (TPSA) is 71.4 Å². The molecule has 0 aliphatic heterocycles. The van der Waals surface area contributed by atoms with E-state index in [1.807, 2.05) is 0 Å². The smallest absolute Gasteiger partial charge is 0.696 e. The van der Waals surface area contributed by atoms with Gasteiger partial charge < -0.3 is 37.9 Å². The van der Waals surface area contributed by atoms with E-state index >= 15 is 0 Å². The maximum absolute atomic E-state index is 7.13. The molecular formula is C3CrN3S3. The first-order valence-electron chi connectivity index (χ1n) is 1.28. The molecule has 0 bridgehead atoms. The Kier molecular flexibility index (Phi) is 162. The van der Waals surface area contributed by atoms with Crippen LogP contribution in [0.2, 0.25) is 0 Å². The summed E-state index contributed by atoms with van der Waals surface area (Å²) in [6.45, 7) is 0. The van der Waals surface area contributed by atoms with Crippen molar-refractivity contribution in [2.45, 2.75) is 0 Å². The number of hydrogen-bond donors (Lipinski definition) is 0. The van der Waals surface area contributed by atoms with Crippen molar-refractivity contribution >= 4 is 37.9 Å². The Hall–Kier alpha value is -0.338. The molecule has 0 aromatic rings. The van der Waals surface area contributed by atoms with Crippen LogP contribution in [0.25, 0.3) is 0 Å². The summed E-state index contributed by atoms with van der Waals surface area (Å²) in [6.07, 6.45) is 0. The second-order valence-electron chi connectivity index (χ2n) is 0.274. The molecule has 0 aliphatic rings. The summed E-state index contributed by atoms with van der Waals surface area (Å²) >= 11 is 11.1. The van der Waals surface area contributed by atoms with Crippen molar-refractivity contribution in [1.29, 1.82) is 15.8 Å². The Morgan fingerprint density at radius 1 is 0.700 bits per heavy atom. The normalized spacial score (nSPS) is 2.10. The van der Waals surface area contributed by atoms with Crippen LogP contribution in [0.1, 0.15) is 0 Å². The zero-order chi connectivity index (χ0) is 8.12. The van der Waals surface area contributed by atoms with Crippen LogP contribution in [0, 0.1) is 32.0 Å². The van der Waals surface area contributed by atoms with Crippen molar-refractivity contribution in [3.05, 3.63) is 0 Å². The van der Waals surface area contributed by atoms with Crippen molar-refractivity contribution in [3.63, 3.8) is 0 Å². The Morgan fingerprint density at radius 3 is 0.700 bits per heavy atom. The molecule has 1 radical (unpaired) electrons. The predicted octanol–water partition coefficient (Wildman–Crippen LogP) is 0.0406. The zero-order valence-corrected chi connectivity index (χ0v) is 8.20. The maximum atomic E-state index is 7.13. The van der Waals surface area contributed by atoms with Crippen LogP contribution in [0.3, 0.4) is 0 Å². The molecule has 10 heavy (non-hydrogen) atoms. The van der Waals surface area contributed by atoms with Gasteiger partial charge in [0.15, 0.2) is 0 Å². The minimum absolute atomic E-state index is 0. The van der Waals surface area contributed by atoms with Crippen molar-refractivity contribution in [3.8, 4) is 16.2 Å². The molecule has 0 fully saturated rings. The van der Waals surface area contributed by atoms with Crippen LogP contribution in [0.15, 0.2) is 0 Å². The van der Waals surface area contributed by atoms with Crippen molar-refractivity contribution < 1.29 is 17.4 Å². The van der Waals surface area contributed by atoms with E-state index in [9.17, 15) is 0 Å². The number of nitrogens with zero attached hydrogens (tertiary/aromatic N) is 3. The molecule has 0 aromatic carbocycles. The molecule has 0 heterocycles. The third-order valence-electron chi connectivity index (χ3n) is 0. The minimum atomic E-state index is 0. The summed E-state index contributed by atoms with van der Waals surface area (Å²) in [7, 11) is 0. The molecular weight excluding hydrogens is 226 g/mol. The van der Waals surface area contributed by atoms with Gasteiger partial charge in [0, 0.05) is 0 Å². The van der Waals surface area contributed by atoms with Gasteiger partial charge >= 0.3 is 17.4 Å². The van der Waals surface area contributed by atoms with E-state index in [-0.39, 0.29) is 17.4 Å². The first kappa shape index (κ1) is 22.6. The molecule has 0 amide bonds. The second-order valence-corrected chi connectivity index (χ2v) is 0.822. The van der Waals surface area contributed by atoms with Gasteiger partial charge in [0.1, 0.15) is 0 Å². The first-order valence-corrected chi connectivity index (χ1v) is 2.51. The van der Waals surface area contributed by atoms with Gasteiger partial charge in [0.05, 0.1) is 0 Å². The average molecular weight is 226 g/mol. The number of nitriles is 3. The van der Waals surface area contributed by atoms with Gasteiger partial charge in [0.25, 0.3) is 0 Å². The minimum Gasteiger partial charge on any atom is -0.696 e. The third-order valence-corrected chi connectivity index (χ3v) is 0. The van der Waals surface area contributed by atoms with E-state index in [1.54, 1.807) is 0 Å². The second kappa shape index (κ2) is 71.7. The summed E-state index contributed by atoms with van der Waals surface area (Å²) in [4.78, 5) is 0. The summed E-state index contributed by atoms with van der Waals surface area (Å²) in [5.74, 6) is 0. The predicted molar refractivity (Wildman–Crippen MR) is 38.9 cm³/mol. The van der Waals surface area contributed by atoms with Crippen LogP contribution >= 0.6 is 0 Å². The van der Waals surface area contributed by atoms with E-state index in [1.165, 1.54) is 16.2 Å². The van der Waals surface area contributed by atoms with Gasteiger partial charge in [-0.05, 0) is 0 Å². The monoisotopic (exact) mass is 226 g/mol. The number of rotatable bonds is 0. The standard InChI is InChI=1S/3CHNS.Cr/c3*2-1-3;/h3*3H;/q;;;+3/p-3. The number of thiocyanates is 3. The quantitative estimate of drug-likeness (QED) is 0.429. The summed E-state index contributed by atoms with van der Waals surface area (Å²) in [5.41, 5.74) is 0. The largest absolute Gasteiger partial charge is 3.00 e. The van der Waals surface area contributed by atoms with E-state index in [4.69, 9.17) is 15.8 Å². The molecule has 0 saturated carbocycles. The van der Waals surface area contributed by atoms with Crippen LogP contribution in [0.4, 0.5) is 0 Å². The van der Waals surface area contributed by atoms with Crippen molar-refractivity contribution in [1.82, 2.24) is 0 Å². The van der Waals surface area contributed by atoms with Gasteiger partial charge in [0.2, 0.25) is 0 Å². The van der Waals surface area contributed by atoms with Gasteiger partial charge in [-0.1, -0.05) is 16.2 Å². The SMILES string of the molecule is N#C[S-].N#C[S-].N#C[S-].[Cr+3]. The fourth-order valence-corrected chi connectivity index (χ4v) is 0. The zero-order valence-electron chi connectivity index (χ0n) is 4.47. The van der Waals surface area contributed by atoms with Crippen LogP contribution < -0.4 is 0 Å². The fraction of sp³-hybridized carbons (Fsp3) is 0. The molecule has 0 N–H and O–H groups in total. The summed E-state index contributed by atoms with van der Waals surface area (Å²) in [6, 6.07) is 0. The first-order chi connectivity index (χ1) is 4.24. The average Bonchev–Trinajstić information content (AvgIpc) is 1.70. The van der Waals surface area contributed by atoms with E-state index in [0.717, 1.165) is 0 Å². The molecule has 0 unspecified atom stereocenters. The van der Waals surface area contributed by atoms with Gasteiger partial charge in [-0.2, -0.15) is 0 Å². The molecule has 51 valence electrons. The van der Waals surface area contributed by atoms with E-state index in [0.29, 0.717) is 0 Å². The molecule has 0 spiro atoms. The molecule has 0 aliphatic carbocycles. The molecule has 3 nitrogen and oxygen atoms in total. The van der Waals surface area contributed by atoms with Crippen LogP contribution in [-0.4, -0.2) is 0 Å². The molecule has 0 aromatic heterocycles. The summed E-state index contributed by atoms with van der Waals surface area (Å²) < 4.78 is 0. The molecule has 0 saturated heterocycles. The van der Waals surface area contributed by atoms with Crippen molar-refractivity contribution in [2.75, 3.05) is 0 Å². The Labute approximate surface area is 87.0 Å².